The van der Waals surface area contributed by atoms with Crippen molar-refractivity contribution in [1.82, 2.24) is 15.2 Å². The van der Waals surface area contributed by atoms with E-state index in [0.717, 1.165) is 27.9 Å². The highest BCUT2D eigenvalue weighted by molar-refractivity contribution is 14.0. The molecule has 1 aromatic heterocycles. The summed E-state index contributed by atoms with van der Waals surface area (Å²) in [6.45, 7) is 4.84. The van der Waals surface area contributed by atoms with Gasteiger partial charge in [0.15, 0.2) is 5.96 Å². The molecule has 2 N–H and O–H groups in total. The third kappa shape index (κ3) is 6.99. The number of amides is 1. The van der Waals surface area contributed by atoms with Crippen LogP contribution in [0, 0.1) is 6.92 Å². The minimum Gasteiger partial charge on any atom is -0.352 e. The van der Waals surface area contributed by atoms with E-state index in [4.69, 9.17) is 0 Å². The van der Waals surface area contributed by atoms with Crippen LogP contribution in [0.2, 0.25) is 0 Å². The smallest absolute Gasteiger partial charge is 0.221 e. The number of carbonyl (C=O) groups is 1. The number of aliphatic imine (C=N–C) groups is 1. The molecular weight excluding hydrogens is 449 g/mol. The second-order valence-corrected chi connectivity index (χ2v) is 6.56. The van der Waals surface area contributed by atoms with Gasteiger partial charge in [-0.15, -0.1) is 35.3 Å². The van der Waals surface area contributed by atoms with Gasteiger partial charge in [-0.25, -0.2) is 4.98 Å². The number of rotatable bonds is 5. The second-order valence-electron chi connectivity index (χ2n) is 5.50. The van der Waals surface area contributed by atoms with Crippen LogP contribution in [-0.4, -0.2) is 35.8 Å². The Bertz CT molecular complexity index is 731. The van der Waals surface area contributed by atoms with Crippen molar-refractivity contribution < 1.29 is 4.79 Å². The van der Waals surface area contributed by atoms with Crippen molar-refractivity contribution in [1.29, 1.82) is 0 Å². The molecule has 1 amide bonds. The van der Waals surface area contributed by atoms with Crippen LogP contribution in [0.4, 0.5) is 5.69 Å². The van der Waals surface area contributed by atoms with Gasteiger partial charge in [0.1, 0.15) is 0 Å². The first-order valence-electron chi connectivity index (χ1n) is 7.67. The fourth-order valence-corrected chi connectivity index (χ4v) is 2.93. The van der Waals surface area contributed by atoms with E-state index >= 15 is 0 Å². The summed E-state index contributed by atoms with van der Waals surface area (Å²) in [5, 5.41) is 9.25. The summed E-state index contributed by atoms with van der Waals surface area (Å²) >= 11 is 1.65. The average molecular weight is 473 g/mol. The van der Waals surface area contributed by atoms with Gasteiger partial charge in [-0.3, -0.25) is 9.79 Å². The maximum absolute atomic E-state index is 11.1. The number of hydrogen-bond acceptors (Lipinski definition) is 4. The fraction of sp³-hybridized carbons (Fsp3) is 0.353. The van der Waals surface area contributed by atoms with E-state index < -0.39 is 0 Å². The molecule has 0 aliphatic heterocycles. The molecule has 8 heteroatoms. The number of thiazole rings is 1. The summed E-state index contributed by atoms with van der Waals surface area (Å²) in [6.07, 6.45) is 0. The van der Waals surface area contributed by atoms with Crippen molar-refractivity contribution in [3.63, 3.8) is 0 Å². The number of nitrogens with zero attached hydrogens (tertiary/aromatic N) is 3. The molecule has 2 rings (SSSR count). The Morgan fingerprint density at radius 2 is 2.16 bits per heavy atom. The van der Waals surface area contributed by atoms with Crippen molar-refractivity contribution in [3.8, 4) is 0 Å². The maximum Gasteiger partial charge on any atom is 0.221 e. The van der Waals surface area contributed by atoms with Gasteiger partial charge >= 0.3 is 0 Å². The fourth-order valence-electron chi connectivity index (χ4n) is 2.33. The zero-order valence-electron chi connectivity index (χ0n) is 14.9. The highest BCUT2D eigenvalue weighted by Crippen LogP contribution is 2.12. The Hall–Kier alpha value is -1.68. The standard InChI is InChI=1S/C17H23N5OS.HI/c1-12(23)20-15-7-5-6-14(8-15)9-19-17(18-3)22(4)10-16-11-24-13(2)21-16;/h5-8,11H,9-10H2,1-4H3,(H,18,19)(H,20,23);1H. The van der Waals surface area contributed by atoms with Crippen LogP contribution in [0.3, 0.4) is 0 Å². The molecule has 0 unspecified atom stereocenters. The predicted molar refractivity (Wildman–Crippen MR) is 115 cm³/mol. The lowest BCUT2D eigenvalue weighted by Crippen LogP contribution is -2.38. The SMILES string of the molecule is CN=C(NCc1cccc(NC(C)=O)c1)N(C)Cc1csc(C)n1.I. The summed E-state index contributed by atoms with van der Waals surface area (Å²) in [5.74, 6) is 0.722. The van der Waals surface area contributed by atoms with E-state index in [0.29, 0.717) is 13.1 Å². The van der Waals surface area contributed by atoms with Crippen molar-refractivity contribution in [2.75, 3.05) is 19.4 Å². The largest absolute Gasteiger partial charge is 0.352 e. The Morgan fingerprint density at radius 1 is 1.40 bits per heavy atom. The van der Waals surface area contributed by atoms with Crippen LogP contribution >= 0.6 is 35.3 Å². The molecular formula is C17H24IN5OS. The number of carbonyl (C=O) groups excluding carboxylic acids is 1. The lowest BCUT2D eigenvalue weighted by Gasteiger charge is -2.21. The van der Waals surface area contributed by atoms with Crippen LogP contribution < -0.4 is 10.6 Å². The number of aryl methyl sites for hydroxylation is 1. The second kappa shape index (κ2) is 10.3. The quantitative estimate of drug-likeness (QED) is 0.398. The molecule has 136 valence electrons. The molecule has 25 heavy (non-hydrogen) atoms. The highest BCUT2D eigenvalue weighted by Gasteiger charge is 2.08. The molecule has 1 heterocycles. The average Bonchev–Trinajstić information content (AvgIpc) is 2.92. The van der Waals surface area contributed by atoms with E-state index in [1.54, 1.807) is 18.4 Å². The molecule has 0 radical (unpaired) electrons. The van der Waals surface area contributed by atoms with Crippen molar-refractivity contribution in [2.45, 2.75) is 26.9 Å². The lowest BCUT2D eigenvalue weighted by atomic mass is 10.2. The number of aromatic nitrogens is 1. The predicted octanol–water partition coefficient (Wildman–Crippen LogP) is 3.24. The summed E-state index contributed by atoms with van der Waals surface area (Å²) in [4.78, 5) is 22.0. The highest BCUT2D eigenvalue weighted by atomic mass is 127. The Kier molecular flexibility index (Phi) is 8.84. The van der Waals surface area contributed by atoms with Crippen molar-refractivity contribution in [3.05, 3.63) is 45.9 Å². The molecule has 0 saturated carbocycles. The van der Waals surface area contributed by atoms with E-state index in [2.05, 4.69) is 26.0 Å². The van der Waals surface area contributed by atoms with Crippen LogP contribution in [0.1, 0.15) is 23.2 Å². The minimum atomic E-state index is -0.0748. The third-order valence-electron chi connectivity index (χ3n) is 3.34. The molecule has 0 atom stereocenters. The number of hydrogen-bond donors (Lipinski definition) is 2. The van der Waals surface area contributed by atoms with Gasteiger partial charge < -0.3 is 15.5 Å². The molecule has 0 bridgehead atoms. The van der Waals surface area contributed by atoms with E-state index in [-0.39, 0.29) is 29.9 Å². The molecule has 0 saturated heterocycles. The summed E-state index contributed by atoms with van der Waals surface area (Å²) < 4.78 is 0. The maximum atomic E-state index is 11.1. The van der Waals surface area contributed by atoms with Crippen LogP contribution in [-0.2, 0) is 17.9 Å². The summed E-state index contributed by atoms with van der Waals surface area (Å²) in [7, 11) is 3.75. The number of anilines is 1. The Morgan fingerprint density at radius 3 is 2.76 bits per heavy atom. The van der Waals surface area contributed by atoms with Gasteiger partial charge in [-0.1, -0.05) is 12.1 Å². The van der Waals surface area contributed by atoms with Crippen molar-refractivity contribution in [2.24, 2.45) is 4.99 Å². The van der Waals surface area contributed by atoms with Crippen LogP contribution in [0.15, 0.2) is 34.6 Å². The first-order chi connectivity index (χ1) is 11.5. The summed E-state index contributed by atoms with van der Waals surface area (Å²) in [5.41, 5.74) is 2.90. The van der Waals surface area contributed by atoms with Crippen LogP contribution in [0.25, 0.3) is 0 Å². The molecule has 0 aliphatic rings. The minimum absolute atomic E-state index is 0. The van der Waals surface area contributed by atoms with E-state index in [9.17, 15) is 4.79 Å². The first-order valence-corrected chi connectivity index (χ1v) is 8.55. The van der Waals surface area contributed by atoms with E-state index in [1.165, 1.54) is 6.92 Å². The zero-order valence-corrected chi connectivity index (χ0v) is 18.0. The number of benzene rings is 1. The van der Waals surface area contributed by atoms with Gasteiger partial charge in [-0.2, -0.15) is 0 Å². The third-order valence-corrected chi connectivity index (χ3v) is 4.16. The zero-order chi connectivity index (χ0) is 17.5. The lowest BCUT2D eigenvalue weighted by molar-refractivity contribution is -0.114. The van der Waals surface area contributed by atoms with E-state index in [1.807, 2.05) is 43.1 Å². The monoisotopic (exact) mass is 473 g/mol. The number of nitrogens with one attached hydrogen (secondary N) is 2. The first kappa shape index (κ1) is 21.4. The molecule has 1 aromatic carbocycles. The molecule has 0 aliphatic carbocycles. The van der Waals surface area contributed by atoms with Gasteiger partial charge in [0, 0.05) is 38.6 Å². The molecule has 2 aromatic rings. The van der Waals surface area contributed by atoms with Gasteiger partial charge in [-0.05, 0) is 24.6 Å². The van der Waals surface area contributed by atoms with Gasteiger partial charge in [0.2, 0.25) is 5.91 Å². The molecule has 0 spiro atoms. The summed E-state index contributed by atoms with van der Waals surface area (Å²) in [6, 6.07) is 7.75. The molecule has 0 fully saturated rings. The Balaban J connectivity index is 0.00000312. The number of guanidine groups is 1. The topological polar surface area (TPSA) is 69.6 Å². The normalized spacial score (nSPS) is 10.8. The van der Waals surface area contributed by atoms with Crippen molar-refractivity contribution >= 4 is 52.9 Å². The van der Waals surface area contributed by atoms with Gasteiger partial charge in [0.25, 0.3) is 0 Å². The van der Waals surface area contributed by atoms with Crippen LogP contribution in [0.5, 0.6) is 0 Å². The number of halogens is 1. The molecule has 6 nitrogen and oxygen atoms in total. The Labute approximate surface area is 169 Å². The van der Waals surface area contributed by atoms with Gasteiger partial charge in [0.05, 0.1) is 17.2 Å².